The monoisotopic (exact) mass is 541 g/mol. The molecule has 1 atom stereocenters. The highest BCUT2D eigenvalue weighted by molar-refractivity contribution is 6.00. The molecule has 0 bridgehead atoms. The number of carbonyl (C=O) groups excluding carboxylic acids is 1. The number of aliphatic hydroxyl groups is 1. The number of halogens is 2. The number of fused-ring (bicyclic) bond motifs is 1. The molecule has 2 aromatic carbocycles. The smallest absolute Gasteiger partial charge is 0.387 e. The van der Waals surface area contributed by atoms with E-state index in [0.717, 1.165) is 5.56 Å². The minimum atomic E-state index is -3.20. The van der Waals surface area contributed by atoms with Crippen LogP contribution in [0.25, 0.3) is 16.8 Å². The molecule has 1 unspecified atom stereocenters. The second-order valence-electron chi connectivity index (χ2n) is 9.33. The van der Waals surface area contributed by atoms with Crippen LogP contribution in [0.4, 0.5) is 14.6 Å². The van der Waals surface area contributed by atoms with E-state index in [9.17, 15) is 18.7 Å². The van der Waals surface area contributed by atoms with E-state index in [2.05, 4.69) is 15.2 Å². The number of methoxy groups -OCH3 is 1. The van der Waals surface area contributed by atoms with Gasteiger partial charge in [-0.3, -0.25) is 4.79 Å². The predicted octanol–water partition coefficient (Wildman–Crippen LogP) is 4.26. The Hall–Kier alpha value is -4.45. The average Bonchev–Trinajstić information content (AvgIpc) is 3.29. The summed E-state index contributed by atoms with van der Waals surface area (Å²) in [5.41, 5.74) is 6.09. The molecule has 0 spiro atoms. The molecule has 4 aromatic rings. The largest absolute Gasteiger partial charge is 0.496 e. The van der Waals surface area contributed by atoms with E-state index in [1.807, 2.05) is 30.3 Å². The minimum absolute atomic E-state index is 0.0450. The number of nitrogens with two attached hydrogens (primary N) is 1. The Morgan fingerprint density at radius 3 is 2.46 bits per heavy atom. The van der Waals surface area contributed by atoms with Gasteiger partial charge in [-0.15, -0.1) is 0 Å². The number of nitrogens with one attached hydrogen (secondary N) is 1. The second kappa shape index (κ2) is 11.1. The molecular weight excluding hydrogens is 512 g/mol. The topological polar surface area (TPSA) is 133 Å². The van der Waals surface area contributed by atoms with Crippen molar-refractivity contribution in [2.45, 2.75) is 45.6 Å². The number of hydrogen-bond donors (Lipinski definition) is 3. The van der Waals surface area contributed by atoms with Crippen molar-refractivity contribution in [2.75, 3.05) is 12.4 Å². The number of hydrogen-bond acceptors (Lipinski definition) is 8. The Balaban J connectivity index is 1.83. The summed E-state index contributed by atoms with van der Waals surface area (Å²) < 4.78 is 43.7. The summed E-state index contributed by atoms with van der Waals surface area (Å²) in [4.78, 5) is 16.7. The fourth-order valence-corrected chi connectivity index (χ4v) is 3.77. The van der Waals surface area contributed by atoms with Gasteiger partial charge in [-0.05, 0) is 44.0 Å². The zero-order valence-electron chi connectivity index (χ0n) is 21.8. The van der Waals surface area contributed by atoms with Gasteiger partial charge in [-0.2, -0.15) is 13.9 Å². The Bertz CT molecular complexity index is 1470. The van der Waals surface area contributed by atoms with E-state index >= 15 is 0 Å². The third-order valence-corrected chi connectivity index (χ3v) is 6.12. The molecule has 10 nitrogen and oxygen atoms in total. The lowest BCUT2D eigenvalue weighted by atomic mass is 10.0. The fourth-order valence-electron chi connectivity index (χ4n) is 3.77. The van der Waals surface area contributed by atoms with Gasteiger partial charge < -0.3 is 30.4 Å². The van der Waals surface area contributed by atoms with Crippen molar-refractivity contribution in [2.24, 2.45) is 5.73 Å². The quantitative estimate of drug-likeness (QED) is 0.257. The number of amides is 1. The lowest BCUT2D eigenvalue weighted by Gasteiger charge is -2.27. The van der Waals surface area contributed by atoms with Gasteiger partial charge in [0.1, 0.15) is 23.2 Å². The van der Waals surface area contributed by atoms with Crippen molar-refractivity contribution in [1.29, 1.82) is 0 Å². The van der Waals surface area contributed by atoms with Crippen molar-refractivity contribution in [3.63, 3.8) is 0 Å². The van der Waals surface area contributed by atoms with Crippen LogP contribution in [-0.2, 0) is 6.54 Å². The Labute approximate surface area is 223 Å². The number of rotatable bonds is 11. The van der Waals surface area contributed by atoms with E-state index in [1.54, 1.807) is 27.0 Å². The molecule has 4 N–H and O–H groups in total. The molecule has 39 heavy (non-hydrogen) atoms. The van der Waals surface area contributed by atoms with Crippen molar-refractivity contribution in [3.8, 4) is 28.4 Å². The molecule has 0 fully saturated rings. The normalized spacial score (nSPS) is 12.4. The van der Waals surface area contributed by atoms with Crippen LogP contribution in [0.15, 0.2) is 54.9 Å². The summed E-state index contributed by atoms with van der Waals surface area (Å²) in [5, 5.41) is 18.0. The highest BCUT2D eigenvalue weighted by Gasteiger charge is 2.27. The van der Waals surface area contributed by atoms with Crippen molar-refractivity contribution < 1.29 is 32.9 Å². The van der Waals surface area contributed by atoms with Gasteiger partial charge >= 0.3 is 6.61 Å². The molecule has 2 heterocycles. The van der Waals surface area contributed by atoms with E-state index in [-0.39, 0.29) is 11.3 Å². The number of alkyl halides is 2. The molecular formula is C27H29F2N5O5. The van der Waals surface area contributed by atoms with E-state index < -0.39 is 30.0 Å². The first-order valence-electron chi connectivity index (χ1n) is 12.0. The Morgan fingerprint density at radius 2 is 1.85 bits per heavy atom. The molecule has 2 aromatic heterocycles. The van der Waals surface area contributed by atoms with E-state index in [0.29, 0.717) is 34.9 Å². The third-order valence-electron chi connectivity index (χ3n) is 6.12. The number of primary amides is 1. The van der Waals surface area contributed by atoms with Crippen LogP contribution in [0.2, 0.25) is 0 Å². The molecule has 206 valence electrons. The molecule has 0 aliphatic heterocycles. The molecule has 0 radical (unpaired) electrons. The van der Waals surface area contributed by atoms with Crippen molar-refractivity contribution in [3.05, 3.63) is 66.0 Å². The average molecular weight is 542 g/mol. The molecule has 0 saturated carbocycles. The first-order valence-corrected chi connectivity index (χ1v) is 12.0. The predicted molar refractivity (Wildman–Crippen MR) is 140 cm³/mol. The molecule has 0 aliphatic carbocycles. The number of carbonyl (C=O) groups is 1. The van der Waals surface area contributed by atoms with Crippen LogP contribution in [0.5, 0.6) is 17.2 Å². The standard InChI is InChI=1S/C27H29F2N5O5/c1-15(27(2,3)36)38-21-14-34-25(33-24(21)31-12-16-8-6-5-7-9-16)18(13-32-34)17-10-19(37-4)22(23(30)35)20(11-17)39-26(28)29/h5-11,13-15,26,36H,12H2,1-4H3,(H2,30,35)(H,31,33). The van der Waals surface area contributed by atoms with E-state index in [1.165, 1.54) is 30.0 Å². The number of ether oxygens (including phenoxy) is 3. The highest BCUT2D eigenvalue weighted by atomic mass is 19.3. The summed E-state index contributed by atoms with van der Waals surface area (Å²) >= 11 is 0. The molecule has 0 aliphatic rings. The van der Waals surface area contributed by atoms with Gasteiger partial charge in [0.15, 0.2) is 17.2 Å². The van der Waals surface area contributed by atoms with Gasteiger partial charge in [0.25, 0.3) is 5.91 Å². The molecule has 0 saturated heterocycles. The van der Waals surface area contributed by atoms with Crippen LogP contribution in [-0.4, -0.2) is 51.0 Å². The first-order chi connectivity index (χ1) is 18.5. The van der Waals surface area contributed by atoms with Crippen molar-refractivity contribution >= 4 is 17.4 Å². The second-order valence-corrected chi connectivity index (χ2v) is 9.33. The van der Waals surface area contributed by atoms with Gasteiger partial charge in [0, 0.05) is 12.1 Å². The zero-order valence-corrected chi connectivity index (χ0v) is 21.8. The van der Waals surface area contributed by atoms with Crippen LogP contribution < -0.4 is 25.3 Å². The number of benzene rings is 2. The fraction of sp³-hybridized carbons (Fsp3) is 0.296. The molecule has 12 heteroatoms. The van der Waals surface area contributed by atoms with Crippen LogP contribution >= 0.6 is 0 Å². The summed E-state index contributed by atoms with van der Waals surface area (Å²) in [6.07, 6.45) is 2.49. The molecule has 1 amide bonds. The molecule has 4 rings (SSSR count). The van der Waals surface area contributed by atoms with Gasteiger partial charge in [-0.25, -0.2) is 9.50 Å². The third kappa shape index (κ3) is 6.17. The van der Waals surface area contributed by atoms with Gasteiger partial charge in [-0.1, -0.05) is 30.3 Å². The van der Waals surface area contributed by atoms with Gasteiger partial charge in [0.05, 0.1) is 25.1 Å². The minimum Gasteiger partial charge on any atom is -0.496 e. The van der Waals surface area contributed by atoms with Crippen molar-refractivity contribution in [1.82, 2.24) is 14.6 Å². The zero-order chi connectivity index (χ0) is 28.3. The summed E-state index contributed by atoms with van der Waals surface area (Å²) in [6.45, 7) is 2.23. The maximum atomic E-state index is 13.2. The van der Waals surface area contributed by atoms with Crippen LogP contribution in [0, 0.1) is 0 Å². The lowest BCUT2D eigenvalue weighted by Crippen LogP contribution is -2.38. The SMILES string of the molecule is COc1cc(-c2cnn3cc(OC(C)C(C)(C)O)c(NCc4ccccc4)nc23)cc(OC(F)F)c1C(N)=O. The Kier molecular flexibility index (Phi) is 7.86. The highest BCUT2D eigenvalue weighted by Crippen LogP contribution is 2.38. The number of anilines is 1. The van der Waals surface area contributed by atoms with Crippen LogP contribution in [0.1, 0.15) is 36.7 Å². The van der Waals surface area contributed by atoms with E-state index in [4.69, 9.17) is 20.2 Å². The first kappa shape index (κ1) is 27.6. The number of nitrogens with zero attached hydrogens (tertiary/aromatic N) is 3. The van der Waals surface area contributed by atoms with Crippen LogP contribution in [0.3, 0.4) is 0 Å². The summed E-state index contributed by atoms with van der Waals surface area (Å²) in [6, 6.07) is 12.4. The maximum absolute atomic E-state index is 13.2. The maximum Gasteiger partial charge on any atom is 0.387 e. The summed E-state index contributed by atoms with van der Waals surface area (Å²) in [5.74, 6) is -0.758. The number of aromatic nitrogens is 3. The lowest BCUT2D eigenvalue weighted by molar-refractivity contribution is -0.0502. The summed E-state index contributed by atoms with van der Waals surface area (Å²) in [7, 11) is 1.28. The van der Waals surface area contributed by atoms with Gasteiger partial charge in [0.2, 0.25) is 0 Å². The Morgan fingerprint density at radius 1 is 1.15 bits per heavy atom.